The van der Waals surface area contributed by atoms with E-state index in [2.05, 4.69) is 5.10 Å². The average molecular weight is 394 g/mol. The lowest BCUT2D eigenvalue weighted by atomic mass is 10.2. The van der Waals surface area contributed by atoms with Gasteiger partial charge in [0, 0.05) is 18.0 Å². The molecule has 0 bridgehead atoms. The zero-order valence-corrected chi connectivity index (χ0v) is 16.6. The van der Waals surface area contributed by atoms with E-state index in [1.807, 2.05) is 13.8 Å². The van der Waals surface area contributed by atoms with E-state index in [1.165, 1.54) is 28.6 Å². The number of rotatable bonds is 6. The molecule has 146 valence electrons. The molecule has 2 rings (SSSR count). The van der Waals surface area contributed by atoms with Gasteiger partial charge in [-0.05, 0) is 52.0 Å². The molecule has 0 unspecified atom stereocenters. The van der Waals surface area contributed by atoms with Crippen molar-refractivity contribution in [1.82, 2.24) is 9.78 Å². The standard InChI is InChI=1S/C17H22N4O5S/c1-11(2)20(14-6-8-15(9-7-14)27(5,25)26)16(22)10-19-13(4)17(21(23)24)12(3)18-19/h6-9,11H,10H2,1-5H3. The highest BCUT2D eigenvalue weighted by molar-refractivity contribution is 7.90. The van der Waals surface area contributed by atoms with E-state index in [9.17, 15) is 23.3 Å². The number of nitrogens with zero attached hydrogens (tertiary/aromatic N) is 4. The summed E-state index contributed by atoms with van der Waals surface area (Å²) >= 11 is 0. The van der Waals surface area contributed by atoms with Crippen LogP contribution in [0.4, 0.5) is 11.4 Å². The van der Waals surface area contributed by atoms with Crippen molar-refractivity contribution >= 4 is 27.1 Å². The molecule has 0 atom stereocenters. The molecule has 1 amide bonds. The van der Waals surface area contributed by atoms with Crippen molar-refractivity contribution < 1.29 is 18.1 Å². The van der Waals surface area contributed by atoms with E-state index in [0.29, 0.717) is 11.4 Å². The Balaban J connectivity index is 2.34. The Morgan fingerprint density at radius 1 is 1.26 bits per heavy atom. The molecule has 0 radical (unpaired) electrons. The highest BCUT2D eigenvalue weighted by Crippen LogP contribution is 2.24. The first kappa shape index (κ1) is 20.6. The maximum atomic E-state index is 12.9. The number of carbonyl (C=O) groups excluding carboxylic acids is 1. The van der Waals surface area contributed by atoms with Crippen molar-refractivity contribution in [1.29, 1.82) is 0 Å². The smallest absolute Gasteiger partial charge is 0.308 e. The van der Waals surface area contributed by atoms with Crippen LogP contribution in [0.25, 0.3) is 0 Å². The number of aromatic nitrogens is 2. The molecule has 0 aliphatic carbocycles. The topological polar surface area (TPSA) is 115 Å². The number of hydrogen-bond acceptors (Lipinski definition) is 6. The molecule has 1 heterocycles. The van der Waals surface area contributed by atoms with Gasteiger partial charge >= 0.3 is 5.69 Å². The number of hydrogen-bond donors (Lipinski definition) is 0. The van der Waals surface area contributed by atoms with Gasteiger partial charge in [0.05, 0.1) is 9.82 Å². The highest BCUT2D eigenvalue weighted by atomic mass is 32.2. The number of carbonyl (C=O) groups is 1. The first-order chi connectivity index (χ1) is 12.4. The molecule has 0 fully saturated rings. The van der Waals surface area contributed by atoms with Crippen molar-refractivity contribution in [2.75, 3.05) is 11.2 Å². The SMILES string of the molecule is Cc1nn(CC(=O)N(c2ccc(S(C)(=O)=O)cc2)C(C)C)c(C)c1[N+](=O)[O-]. The number of sulfone groups is 1. The van der Waals surface area contributed by atoms with Gasteiger partial charge in [0.2, 0.25) is 5.91 Å². The third-order valence-electron chi connectivity index (χ3n) is 4.14. The van der Waals surface area contributed by atoms with Crippen LogP contribution in [-0.4, -0.2) is 41.3 Å². The molecule has 10 heteroatoms. The first-order valence-electron chi connectivity index (χ1n) is 8.24. The molecule has 0 aliphatic heterocycles. The predicted octanol–water partition coefficient (Wildman–Crippen LogP) is 2.25. The van der Waals surface area contributed by atoms with E-state index in [0.717, 1.165) is 6.26 Å². The van der Waals surface area contributed by atoms with Crippen molar-refractivity contribution in [2.45, 2.75) is 45.2 Å². The maximum Gasteiger partial charge on any atom is 0.312 e. The van der Waals surface area contributed by atoms with Crippen LogP contribution in [0, 0.1) is 24.0 Å². The van der Waals surface area contributed by atoms with Crippen LogP contribution in [0.15, 0.2) is 29.2 Å². The summed E-state index contributed by atoms with van der Waals surface area (Å²) in [6, 6.07) is 5.83. The molecule has 0 spiro atoms. The van der Waals surface area contributed by atoms with Gasteiger partial charge in [-0.1, -0.05) is 0 Å². The second kappa shape index (κ2) is 7.47. The van der Waals surface area contributed by atoms with Crippen LogP contribution < -0.4 is 4.90 Å². The van der Waals surface area contributed by atoms with E-state index < -0.39 is 14.8 Å². The van der Waals surface area contributed by atoms with E-state index in [-0.39, 0.29) is 34.8 Å². The van der Waals surface area contributed by atoms with Gasteiger partial charge in [-0.3, -0.25) is 19.6 Å². The molecule has 1 aromatic carbocycles. The number of benzene rings is 1. The van der Waals surface area contributed by atoms with Crippen molar-refractivity contribution in [3.63, 3.8) is 0 Å². The minimum Gasteiger partial charge on any atom is -0.308 e. The molecule has 1 aromatic heterocycles. The number of anilines is 1. The van der Waals surface area contributed by atoms with E-state index in [4.69, 9.17) is 0 Å². The summed E-state index contributed by atoms with van der Waals surface area (Å²) in [5.41, 5.74) is 0.996. The molecule has 27 heavy (non-hydrogen) atoms. The quantitative estimate of drug-likeness (QED) is 0.548. The van der Waals surface area contributed by atoms with Gasteiger partial charge in [-0.15, -0.1) is 0 Å². The van der Waals surface area contributed by atoms with Gasteiger partial charge in [0.15, 0.2) is 9.84 Å². The van der Waals surface area contributed by atoms with Crippen LogP contribution in [0.1, 0.15) is 25.2 Å². The van der Waals surface area contributed by atoms with Crippen LogP contribution in [0.5, 0.6) is 0 Å². The second-order valence-corrected chi connectivity index (χ2v) is 8.57. The predicted molar refractivity (Wildman–Crippen MR) is 101 cm³/mol. The van der Waals surface area contributed by atoms with Gasteiger partial charge in [0.25, 0.3) is 0 Å². The van der Waals surface area contributed by atoms with Crippen molar-refractivity contribution in [3.8, 4) is 0 Å². The fourth-order valence-corrected chi connectivity index (χ4v) is 3.52. The van der Waals surface area contributed by atoms with Gasteiger partial charge in [-0.2, -0.15) is 5.10 Å². The fraction of sp³-hybridized carbons (Fsp3) is 0.412. The van der Waals surface area contributed by atoms with Gasteiger partial charge in [-0.25, -0.2) is 8.42 Å². The molecular weight excluding hydrogens is 372 g/mol. The Morgan fingerprint density at radius 3 is 2.22 bits per heavy atom. The van der Waals surface area contributed by atoms with E-state index >= 15 is 0 Å². The summed E-state index contributed by atoms with van der Waals surface area (Å²) in [4.78, 5) is 25.1. The normalized spacial score (nSPS) is 11.6. The third kappa shape index (κ3) is 4.33. The summed E-state index contributed by atoms with van der Waals surface area (Å²) < 4.78 is 24.5. The van der Waals surface area contributed by atoms with Crippen LogP contribution >= 0.6 is 0 Å². The lowest BCUT2D eigenvalue weighted by molar-refractivity contribution is -0.386. The Kier molecular flexibility index (Phi) is 5.69. The van der Waals surface area contributed by atoms with Crippen molar-refractivity contribution in [3.05, 3.63) is 45.8 Å². The summed E-state index contributed by atoms with van der Waals surface area (Å²) in [5.74, 6) is -0.308. The Bertz CT molecular complexity index is 977. The number of nitro groups is 1. The average Bonchev–Trinajstić information content (AvgIpc) is 2.80. The van der Waals surface area contributed by atoms with Gasteiger partial charge in [0.1, 0.15) is 17.9 Å². The number of amides is 1. The molecule has 2 aromatic rings. The lowest BCUT2D eigenvalue weighted by Crippen LogP contribution is -2.39. The molecule has 0 saturated carbocycles. The monoisotopic (exact) mass is 394 g/mol. The van der Waals surface area contributed by atoms with Gasteiger partial charge < -0.3 is 4.90 Å². The largest absolute Gasteiger partial charge is 0.312 e. The number of aryl methyl sites for hydroxylation is 1. The maximum absolute atomic E-state index is 12.9. The molecule has 0 aliphatic rings. The Labute approximate surface area is 157 Å². The molecular formula is C17H22N4O5S. The summed E-state index contributed by atoms with van der Waals surface area (Å²) in [5, 5.41) is 15.2. The van der Waals surface area contributed by atoms with Crippen LogP contribution in [-0.2, 0) is 21.2 Å². The second-order valence-electron chi connectivity index (χ2n) is 6.56. The minimum absolute atomic E-state index is 0.101. The molecule has 9 nitrogen and oxygen atoms in total. The first-order valence-corrected chi connectivity index (χ1v) is 10.1. The third-order valence-corrected chi connectivity index (χ3v) is 5.27. The van der Waals surface area contributed by atoms with Crippen LogP contribution in [0.2, 0.25) is 0 Å². The zero-order chi connectivity index (χ0) is 20.5. The molecule has 0 N–H and O–H groups in total. The summed E-state index contributed by atoms with van der Waals surface area (Å²) in [6.45, 7) is 6.56. The highest BCUT2D eigenvalue weighted by Gasteiger charge is 2.26. The lowest BCUT2D eigenvalue weighted by Gasteiger charge is -2.27. The van der Waals surface area contributed by atoms with Crippen LogP contribution in [0.3, 0.4) is 0 Å². The van der Waals surface area contributed by atoms with Crippen molar-refractivity contribution in [2.24, 2.45) is 0 Å². The summed E-state index contributed by atoms with van der Waals surface area (Å²) in [6.07, 6.45) is 1.11. The fourth-order valence-electron chi connectivity index (χ4n) is 2.89. The summed E-state index contributed by atoms with van der Waals surface area (Å²) in [7, 11) is -3.33. The molecule has 0 saturated heterocycles. The van der Waals surface area contributed by atoms with E-state index in [1.54, 1.807) is 19.1 Å². The minimum atomic E-state index is -3.33. The Morgan fingerprint density at radius 2 is 1.81 bits per heavy atom. The zero-order valence-electron chi connectivity index (χ0n) is 15.8. The Hall–Kier alpha value is -2.75.